The lowest BCUT2D eigenvalue weighted by atomic mass is 9.48. The lowest BCUT2D eigenvalue weighted by molar-refractivity contribution is 0.589. The average molecular weight is 471 g/mol. The quantitative estimate of drug-likeness (QED) is 0.268. The minimum atomic E-state index is -0.122. The predicted molar refractivity (Wildman–Crippen MR) is 155 cm³/mol. The first-order valence-corrected chi connectivity index (χ1v) is 13.0. The highest BCUT2D eigenvalue weighted by Gasteiger charge is 2.45. The first kappa shape index (κ1) is 23.0. The van der Waals surface area contributed by atoms with Crippen molar-refractivity contribution in [2.45, 2.75) is 62.3 Å². The molecule has 0 spiro atoms. The van der Waals surface area contributed by atoms with Crippen molar-refractivity contribution >= 4 is 34.9 Å². The third-order valence-corrected chi connectivity index (χ3v) is 9.38. The van der Waals surface area contributed by atoms with Gasteiger partial charge in [-0.3, -0.25) is 0 Å². The van der Waals surface area contributed by atoms with Gasteiger partial charge in [-0.2, -0.15) is 0 Å². The molecule has 36 heavy (non-hydrogen) atoms. The summed E-state index contributed by atoms with van der Waals surface area (Å²) in [5, 5.41) is 0. The van der Waals surface area contributed by atoms with Crippen molar-refractivity contribution in [1.29, 1.82) is 0 Å². The van der Waals surface area contributed by atoms with Gasteiger partial charge < -0.3 is 9.55 Å². The van der Waals surface area contributed by atoms with Crippen molar-refractivity contribution in [2.24, 2.45) is 0 Å². The van der Waals surface area contributed by atoms with E-state index in [2.05, 4.69) is 110 Å². The standard InChI is InChI=1S/C33H34BNO/c1-17-19(3)23(7)32(24(8)20(17)4)35-28-15-12-14-27-26-13-10-11-16-29(26)36-34(31(27)28)30-22(6)18(2)21(5)25(9)33(30)35/h10-16H,1-9H3. The van der Waals surface area contributed by atoms with Gasteiger partial charge in [0.15, 0.2) is 0 Å². The number of rotatable bonds is 1. The van der Waals surface area contributed by atoms with E-state index in [1.54, 1.807) is 0 Å². The third-order valence-electron chi connectivity index (χ3n) is 9.38. The second-order valence-electron chi connectivity index (χ2n) is 10.8. The fraction of sp³-hybridized carbons (Fsp3) is 0.273. The fourth-order valence-corrected chi connectivity index (χ4v) is 6.54. The van der Waals surface area contributed by atoms with Gasteiger partial charge in [0.25, 0.3) is 0 Å². The Balaban J connectivity index is 1.81. The lowest BCUT2D eigenvalue weighted by Crippen LogP contribution is -2.57. The predicted octanol–water partition coefficient (Wildman–Crippen LogP) is 7.41. The molecule has 2 aliphatic heterocycles. The zero-order chi connectivity index (χ0) is 25.6. The van der Waals surface area contributed by atoms with Gasteiger partial charge in [-0.25, -0.2) is 0 Å². The van der Waals surface area contributed by atoms with Crippen LogP contribution in [-0.2, 0) is 0 Å². The second kappa shape index (κ2) is 7.77. The molecule has 0 saturated heterocycles. The summed E-state index contributed by atoms with van der Waals surface area (Å²) in [4.78, 5) is 2.57. The topological polar surface area (TPSA) is 12.5 Å². The van der Waals surface area contributed by atoms with Crippen molar-refractivity contribution < 1.29 is 4.65 Å². The number of hydrogen-bond acceptors (Lipinski definition) is 2. The molecule has 0 atom stereocenters. The molecule has 0 amide bonds. The van der Waals surface area contributed by atoms with Crippen LogP contribution in [0.3, 0.4) is 0 Å². The zero-order valence-electron chi connectivity index (χ0n) is 23.0. The molecule has 3 heteroatoms. The van der Waals surface area contributed by atoms with Crippen LogP contribution < -0.4 is 20.5 Å². The zero-order valence-corrected chi connectivity index (χ0v) is 23.0. The second-order valence-corrected chi connectivity index (χ2v) is 10.8. The van der Waals surface area contributed by atoms with Crippen LogP contribution in [0.25, 0.3) is 11.1 Å². The molecule has 4 aromatic rings. The van der Waals surface area contributed by atoms with Gasteiger partial charge >= 0.3 is 6.92 Å². The average Bonchev–Trinajstić information content (AvgIpc) is 2.89. The number of benzene rings is 4. The highest BCUT2D eigenvalue weighted by molar-refractivity contribution is 6.86. The van der Waals surface area contributed by atoms with E-state index >= 15 is 0 Å². The van der Waals surface area contributed by atoms with Gasteiger partial charge in [0.1, 0.15) is 5.75 Å². The number of hydrogen-bond donors (Lipinski definition) is 0. The number of fused-ring (bicyclic) bond motifs is 4. The molecule has 2 nitrogen and oxygen atoms in total. The molecular weight excluding hydrogens is 437 g/mol. The van der Waals surface area contributed by atoms with Crippen LogP contribution in [0.4, 0.5) is 17.1 Å². The van der Waals surface area contributed by atoms with Gasteiger partial charge in [-0.15, -0.1) is 0 Å². The Morgan fingerprint density at radius 2 is 1.03 bits per heavy atom. The highest BCUT2D eigenvalue weighted by Crippen LogP contribution is 2.48. The summed E-state index contributed by atoms with van der Waals surface area (Å²) >= 11 is 0. The normalized spacial score (nSPS) is 13.2. The van der Waals surface area contributed by atoms with E-state index in [4.69, 9.17) is 4.65 Å². The molecule has 6 rings (SSSR count). The van der Waals surface area contributed by atoms with E-state index < -0.39 is 0 Å². The van der Waals surface area contributed by atoms with E-state index in [0.717, 1.165) is 5.75 Å². The molecule has 0 radical (unpaired) electrons. The molecule has 0 unspecified atom stereocenters. The summed E-state index contributed by atoms with van der Waals surface area (Å²) in [5.74, 6) is 0.969. The molecule has 0 saturated carbocycles. The first-order valence-electron chi connectivity index (χ1n) is 13.0. The maximum atomic E-state index is 6.88. The van der Waals surface area contributed by atoms with Crippen molar-refractivity contribution in [3.8, 4) is 16.9 Å². The van der Waals surface area contributed by atoms with Crippen LogP contribution in [0, 0.1) is 62.3 Å². The smallest absolute Gasteiger partial charge is 0.431 e. The minimum absolute atomic E-state index is 0.122. The first-order chi connectivity index (χ1) is 17.1. The Morgan fingerprint density at radius 3 is 1.69 bits per heavy atom. The third kappa shape index (κ3) is 2.80. The van der Waals surface area contributed by atoms with E-state index in [-0.39, 0.29) is 6.92 Å². The van der Waals surface area contributed by atoms with Crippen LogP contribution in [0.2, 0.25) is 0 Å². The molecule has 0 aliphatic carbocycles. The van der Waals surface area contributed by atoms with E-state index in [1.807, 2.05) is 0 Å². The summed E-state index contributed by atoms with van der Waals surface area (Å²) in [6.45, 7) is 20.4. The number of para-hydroxylation sites is 1. The monoisotopic (exact) mass is 471 g/mol. The summed E-state index contributed by atoms with van der Waals surface area (Å²) in [7, 11) is 0. The molecule has 180 valence electrons. The van der Waals surface area contributed by atoms with Gasteiger partial charge in [-0.05, 0) is 136 Å². The van der Waals surface area contributed by atoms with Gasteiger partial charge in [0.2, 0.25) is 0 Å². The van der Waals surface area contributed by atoms with Crippen LogP contribution in [0.5, 0.6) is 5.75 Å². The summed E-state index contributed by atoms with van der Waals surface area (Å²) < 4.78 is 6.88. The molecule has 0 N–H and O–H groups in total. The van der Waals surface area contributed by atoms with Crippen molar-refractivity contribution in [2.75, 3.05) is 4.90 Å². The summed E-state index contributed by atoms with van der Waals surface area (Å²) in [6, 6.07) is 15.3. The van der Waals surface area contributed by atoms with Gasteiger partial charge in [0.05, 0.1) is 5.69 Å². The molecule has 0 bridgehead atoms. The Hall–Kier alpha value is -3.46. The van der Waals surface area contributed by atoms with E-state index in [0.29, 0.717) is 0 Å². The lowest BCUT2D eigenvalue weighted by Gasteiger charge is -2.43. The number of anilines is 3. The Morgan fingerprint density at radius 1 is 0.500 bits per heavy atom. The number of nitrogens with zero attached hydrogens (tertiary/aromatic N) is 1. The molecule has 2 aliphatic rings. The SMILES string of the molecule is Cc1c(C)c(C)c(N2c3cccc4c3B(Oc3ccccc3-4)c3c(C)c(C)c(C)c(C)c32)c(C)c1C. The van der Waals surface area contributed by atoms with E-state index in [1.165, 1.54) is 89.2 Å². The fourth-order valence-electron chi connectivity index (χ4n) is 6.54. The Kier molecular flexibility index (Phi) is 4.96. The largest absolute Gasteiger partial charge is 0.551 e. The molecule has 0 aromatic heterocycles. The Bertz CT molecular complexity index is 1580. The van der Waals surface area contributed by atoms with Crippen molar-refractivity contribution in [3.05, 3.63) is 92.5 Å². The van der Waals surface area contributed by atoms with E-state index in [9.17, 15) is 0 Å². The molecule has 0 fully saturated rings. The van der Waals surface area contributed by atoms with Crippen LogP contribution in [0.15, 0.2) is 42.5 Å². The van der Waals surface area contributed by atoms with Crippen molar-refractivity contribution in [1.82, 2.24) is 0 Å². The minimum Gasteiger partial charge on any atom is -0.551 e. The maximum absolute atomic E-state index is 6.88. The molecule has 4 aromatic carbocycles. The summed E-state index contributed by atoms with van der Waals surface area (Å²) in [6.07, 6.45) is 0. The highest BCUT2D eigenvalue weighted by atomic mass is 16.4. The van der Waals surface area contributed by atoms with Crippen LogP contribution >= 0.6 is 0 Å². The van der Waals surface area contributed by atoms with Gasteiger partial charge in [0, 0.05) is 22.4 Å². The maximum Gasteiger partial charge on any atom is 0.431 e. The van der Waals surface area contributed by atoms with Crippen LogP contribution in [-0.4, -0.2) is 6.92 Å². The molecular formula is C33H34BNO. The van der Waals surface area contributed by atoms with Crippen LogP contribution in [0.1, 0.15) is 50.1 Å². The van der Waals surface area contributed by atoms with Crippen molar-refractivity contribution in [3.63, 3.8) is 0 Å². The summed E-state index contributed by atoms with van der Waals surface area (Å²) in [5.41, 5.74) is 21.1. The Labute approximate surface area is 216 Å². The molecule has 2 heterocycles. The van der Waals surface area contributed by atoms with Gasteiger partial charge in [-0.1, -0.05) is 30.3 Å².